The number of piperidine rings is 1. The molecule has 1 saturated heterocycles. The summed E-state index contributed by atoms with van der Waals surface area (Å²) in [6.07, 6.45) is 4.02. The number of aromatic nitrogens is 1. The molecule has 0 unspecified atom stereocenters. The molecular weight excluding hydrogens is 409 g/mol. The topological polar surface area (TPSA) is 92.5 Å². The number of rotatable bonds is 6. The van der Waals surface area contributed by atoms with Crippen LogP contribution in [0.25, 0.3) is 11.0 Å². The van der Waals surface area contributed by atoms with Crippen molar-refractivity contribution < 1.29 is 22.0 Å². The normalized spacial score (nSPS) is 23.4. The predicted molar refractivity (Wildman–Crippen MR) is 107 cm³/mol. The quantitative estimate of drug-likeness (QED) is 0.650. The monoisotopic (exact) mass is 429 g/mol. The van der Waals surface area contributed by atoms with Crippen molar-refractivity contribution in [3.8, 4) is 0 Å². The van der Waals surface area contributed by atoms with Crippen LogP contribution in [0, 0.1) is 23.6 Å². The molecular formula is C21H20FN3O4S. The van der Waals surface area contributed by atoms with Crippen LogP contribution >= 0.6 is 0 Å². The number of halogens is 1. The van der Waals surface area contributed by atoms with E-state index in [1.807, 2.05) is 0 Å². The minimum absolute atomic E-state index is 0.120. The summed E-state index contributed by atoms with van der Waals surface area (Å²) in [4.78, 5) is 16.4. The number of sulfonamides is 1. The van der Waals surface area contributed by atoms with Gasteiger partial charge in [0.15, 0.2) is 11.3 Å². The summed E-state index contributed by atoms with van der Waals surface area (Å²) >= 11 is 0. The van der Waals surface area contributed by atoms with E-state index in [1.165, 1.54) is 16.4 Å². The molecule has 3 heterocycles. The Bertz CT molecular complexity index is 1160. The molecule has 2 aromatic heterocycles. The molecule has 3 atom stereocenters. The van der Waals surface area contributed by atoms with E-state index in [-0.39, 0.29) is 16.6 Å². The first-order chi connectivity index (χ1) is 14.4. The van der Waals surface area contributed by atoms with Gasteiger partial charge in [-0.15, -0.1) is 0 Å². The average Bonchev–Trinajstić information content (AvgIpc) is 3.11. The van der Waals surface area contributed by atoms with Crippen LogP contribution in [-0.2, 0) is 10.0 Å². The van der Waals surface area contributed by atoms with Crippen LogP contribution < -0.4 is 5.32 Å². The van der Waals surface area contributed by atoms with Crippen molar-refractivity contribution >= 4 is 26.9 Å². The lowest BCUT2D eigenvalue weighted by Gasteiger charge is -2.19. The number of amides is 1. The van der Waals surface area contributed by atoms with E-state index in [1.54, 1.807) is 24.5 Å². The molecule has 0 bridgehead atoms. The van der Waals surface area contributed by atoms with Crippen molar-refractivity contribution in [1.82, 2.24) is 14.6 Å². The number of carbonyl (C=O) groups is 1. The molecule has 3 aromatic rings. The first-order valence-corrected chi connectivity index (χ1v) is 11.2. The number of hydrogen-bond acceptors (Lipinski definition) is 5. The van der Waals surface area contributed by atoms with Gasteiger partial charge in [-0.3, -0.25) is 9.78 Å². The van der Waals surface area contributed by atoms with E-state index < -0.39 is 15.8 Å². The molecule has 30 heavy (non-hydrogen) atoms. The lowest BCUT2D eigenvalue weighted by atomic mass is 10.2. The van der Waals surface area contributed by atoms with Crippen molar-refractivity contribution in [3.63, 3.8) is 0 Å². The Balaban J connectivity index is 1.12. The zero-order valence-corrected chi connectivity index (χ0v) is 16.8. The maximum atomic E-state index is 13.1. The number of carbonyl (C=O) groups excluding carboxylic acids is 1. The molecule has 156 valence electrons. The average molecular weight is 429 g/mol. The zero-order chi connectivity index (χ0) is 20.9. The van der Waals surface area contributed by atoms with Gasteiger partial charge in [-0.1, -0.05) is 0 Å². The molecule has 2 fully saturated rings. The van der Waals surface area contributed by atoms with Crippen LogP contribution in [0.2, 0.25) is 0 Å². The maximum absolute atomic E-state index is 13.1. The first-order valence-electron chi connectivity index (χ1n) is 9.81. The molecule has 1 amide bonds. The van der Waals surface area contributed by atoms with Crippen LogP contribution in [0.15, 0.2) is 58.1 Å². The second-order valence-corrected chi connectivity index (χ2v) is 9.77. The van der Waals surface area contributed by atoms with Crippen LogP contribution in [-0.4, -0.2) is 43.2 Å². The molecule has 1 N–H and O–H groups in total. The summed E-state index contributed by atoms with van der Waals surface area (Å²) in [7, 11) is -3.58. The number of nitrogens with zero attached hydrogens (tertiary/aromatic N) is 2. The van der Waals surface area contributed by atoms with E-state index in [9.17, 15) is 17.6 Å². The van der Waals surface area contributed by atoms with Crippen molar-refractivity contribution in [2.45, 2.75) is 11.3 Å². The summed E-state index contributed by atoms with van der Waals surface area (Å²) in [6.45, 7) is 1.45. The van der Waals surface area contributed by atoms with Gasteiger partial charge in [0.1, 0.15) is 5.82 Å². The van der Waals surface area contributed by atoms with Gasteiger partial charge < -0.3 is 9.73 Å². The fourth-order valence-electron chi connectivity index (χ4n) is 4.43. The van der Waals surface area contributed by atoms with E-state index in [0.717, 1.165) is 23.9 Å². The Kier molecular flexibility index (Phi) is 4.59. The molecule has 9 heteroatoms. The van der Waals surface area contributed by atoms with Gasteiger partial charge in [-0.05, 0) is 60.6 Å². The molecule has 1 saturated carbocycles. The molecule has 2 aliphatic rings. The Morgan fingerprint density at radius 2 is 1.93 bits per heavy atom. The zero-order valence-electron chi connectivity index (χ0n) is 16.0. The fourth-order valence-corrected chi connectivity index (χ4v) is 5.94. The minimum Gasteiger partial charge on any atom is -0.449 e. The number of pyridine rings is 1. The summed E-state index contributed by atoms with van der Waals surface area (Å²) in [6, 6.07) is 8.40. The maximum Gasteiger partial charge on any atom is 0.287 e. The fraction of sp³-hybridized carbons (Fsp3) is 0.333. The van der Waals surface area contributed by atoms with Gasteiger partial charge in [0, 0.05) is 31.2 Å². The van der Waals surface area contributed by atoms with E-state index in [2.05, 4.69) is 10.3 Å². The van der Waals surface area contributed by atoms with Crippen LogP contribution in [0.3, 0.4) is 0 Å². The highest BCUT2D eigenvalue weighted by Gasteiger charge is 2.57. The van der Waals surface area contributed by atoms with Crippen molar-refractivity contribution in [3.05, 3.63) is 60.4 Å². The van der Waals surface area contributed by atoms with Crippen LogP contribution in [0.4, 0.5) is 4.39 Å². The van der Waals surface area contributed by atoms with Gasteiger partial charge in [0.05, 0.1) is 11.1 Å². The Morgan fingerprint density at radius 1 is 1.20 bits per heavy atom. The molecule has 1 aliphatic heterocycles. The second kappa shape index (κ2) is 7.17. The number of benzene rings is 1. The third-order valence-electron chi connectivity index (χ3n) is 6.10. The number of nitrogens with one attached hydrogen (secondary N) is 1. The van der Waals surface area contributed by atoms with E-state index in [4.69, 9.17) is 4.42 Å². The third-order valence-corrected chi connectivity index (χ3v) is 7.95. The summed E-state index contributed by atoms with van der Waals surface area (Å²) in [5, 5.41) is 3.70. The SMILES string of the molecule is O=C(NCC[C@@H]1[C@H]2CN(S(=O)(=O)c3ccc(F)cc3)C[C@@H]12)c1cc2ccncc2o1. The number of fused-ring (bicyclic) bond motifs is 2. The van der Waals surface area contributed by atoms with Gasteiger partial charge in [-0.2, -0.15) is 4.31 Å². The predicted octanol–water partition coefficient (Wildman–Crippen LogP) is 2.65. The van der Waals surface area contributed by atoms with Crippen molar-refractivity contribution in [2.75, 3.05) is 19.6 Å². The lowest BCUT2D eigenvalue weighted by molar-refractivity contribution is 0.0926. The third kappa shape index (κ3) is 3.37. The Labute approximate surface area is 172 Å². The van der Waals surface area contributed by atoms with Crippen molar-refractivity contribution in [2.24, 2.45) is 17.8 Å². The Hall–Kier alpha value is -2.78. The molecule has 1 aromatic carbocycles. The van der Waals surface area contributed by atoms with Gasteiger partial charge >= 0.3 is 0 Å². The minimum atomic E-state index is -3.58. The molecule has 1 aliphatic carbocycles. The molecule has 5 rings (SSSR count). The summed E-state index contributed by atoms with van der Waals surface area (Å²) in [5.41, 5.74) is 0.571. The summed E-state index contributed by atoms with van der Waals surface area (Å²) in [5.74, 6) is 0.566. The molecule has 0 radical (unpaired) electrons. The van der Waals surface area contributed by atoms with E-state index >= 15 is 0 Å². The van der Waals surface area contributed by atoms with Gasteiger partial charge in [0.25, 0.3) is 5.91 Å². The van der Waals surface area contributed by atoms with Crippen LogP contribution in [0.1, 0.15) is 17.0 Å². The number of hydrogen-bond donors (Lipinski definition) is 1. The molecule has 7 nitrogen and oxygen atoms in total. The highest BCUT2D eigenvalue weighted by molar-refractivity contribution is 7.89. The highest BCUT2D eigenvalue weighted by Crippen LogP contribution is 2.54. The smallest absolute Gasteiger partial charge is 0.287 e. The van der Waals surface area contributed by atoms with Crippen molar-refractivity contribution in [1.29, 1.82) is 0 Å². The Morgan fingerprint density at radius 3 is 2.63 bits per heavy atom. The second-order valence-electron chi connectivity index (χ2n) is 7.84. The largest absolute Gasteiger partial charge is 0.449 e. The molecule has 0 spiro atoms. The standard InChI is InChI=1S/C21H20FN3O4S/c22-14-1-3-15(4-2-14)30(27,28)25-11-17-16(18(17)12-25)6-8-24-21(26)19-9-13-5-7-23-10-20(13)29-19/h1-5,7,9-10,16-18H,6,8,11-12H2,(H,24,26)/t16-,17-,18+. The lowest BCUT2D eigenvalue weighted by Crippen LogP contribution is -2.32. The number of furan rings is 1. The van der Waals surface area contributed by atoms with Crippen LogP contribution in [0.5, 0.6) is 0 Å². The van der Waals surface area contributed by atoms with Gasteiger partial charge in [-0.25, -0.2) is 12.8 Å². The van der Waals surface area contributed by atoms with Gasteiger partial charge in [0.2, 0.25) is 10.0 Å². The summed E-state index contributed by atoms with van der Waals surface area (Å²) < 4.78 is 45.4. The van der Waals surface area contributed by atoms with E-state index in [0.29, 0.717) is 43.0 Å². The first kappa shape index (κ1) is 19.2. The highest BCUT2D eigenvalue weighted by atomic mass is 32.2.